The first kappa shape index (κ1) is 21.3. The zero-order valence-corrected chi connectivity index (χ0v) is 17.7. The normalized spacial score (nSPS) is 19.8. The van der Waals surface area contributed by atoms with Gasteiger partial charge in [-0.05, 0) is 82.3 Å². The predicted octanol–water partition coefficient (Wildman–Crippen LogP) is 2.71. The van der Waals surface area contributed by atoms with Crippen LogP contribution in [0, 0.1) is 5.92 Å². The van der Waals surface area contributed by atoms with E-state index in [1.54, 1.807) is 18.2 Å². The molecule has 28 heavy (non-hydrogen) atoms. The lowest BCUT2D eigenvalue weighted by Gasteiger charge is -2.30. The predicted molar refractivity (Wildman–Crippen MR) is 111 cm³/mol. The number of nitrogens with one attached hydrogen (secondary N) is 1. The third-order valence-electron chi connectivity index (χ3n) is 5.86. The van der Waals surface area contributed by atoms with E-state index in [-0.39, 0.29) is 10.8 Å². The van der Waals surface area contributed by atoms with Gasteiger partial charge >= 0.3 is 0 Å². The standard InChI is InChI=1S/C21H33N3O3S/c1-18-9-15-23(16-10-18)12-3-2-11-22-21(25)19-7-6-8-20(17-19)28(26,27)24-13-4-5-14-24/h6-8,17-18H,2-5,9-16H2,1H3,(H,22,25). The molecule has 0 unspecified atom stereocenters. The summed E-state index contributed by atoms with van der Waals surface area (Å²) in [4.78, 5) is 15.1. The van der Waals surface area contributed by atoms with E-state index in [0.29, 0.717) is 25.2 Å². The molecule has 1 N–H and O–H groups in total. The second kappa shape index (κ2) is 9.85. The summed E-state index contributed by atoms with van der Waals surface area (Å²) >= 11 is 0. The molecule has 0 atom stereocenters. The molecule has 2 aliphatic heterocycles. The lowest BCUT2D eigenvalue weighted by atomic mass is 9.99. The second-order valence-corrected chi connectivity index (χ2v) is 10.1. The first-order valence-electron chi connectivity index (χ1n) is 10.6. The summed E-state index contributed by atoms with van der Waals surface area (Å²) in [6.07, 6.45) is 6.37. The van der Waals surface area contributed by atoms with Gasteiger partial charge in [0.1, 0.15) is 0 Å². The van der Waals surface area contributed by atoms with E-state index >= 15 is 0 Å². The van der Waals surface area contributed by atoms with Gasteiger partial charge in [0.2, 0.25) is 10.0 Å². The number of carbonyl (C=O) groups is 1. The molecule has 0 saturated carbocycles. The average Bonchev–Trinajstić information content (AvgIpc) is 3.25. The van der Waals surface area contributed by atoms with Gasteiger partial charge in [0, 0.05) is 25.2 Å². The van der Waals surface area contributed by atoms with E-state index in [9.17, 15) is 13.2 Å². The highest BCUT2D eigenvalue weighted by Gasteiger charge is 2.27. The SMILES string of the molecule is CC1CCN(CCCCNC(=O)c2cccc(S(=O)(=O)N3CCCC3)c2)CC1. The van der Waals surface area contributed by atoms with Crippen molar-refractivity contribution in [2.75, 3.05) is 39.3 Å². The van der Waals surface area contributed by atoms with Gasteiger partial charge in [-0.2, -0.15) is 4.31 Å². The Morgan fingerprint density at radius 3 is 2.54 bits per heavy atom. The summed E-state index contributed by atoms with van der Waals surface area (Å²) in [6, 6.07) is 6.39. The summed E-state index contributed by atoms with van der Waals surface area (Å²) < 4.78 is 26.8. The fourth-order valence-corrected chi connectivity index (χ4v) is 5.49. The lowest BCUT2D eigenvalue weighted by Crippen LogP contribution is -2.34. The average molecular weight is 408 g/mol. The van der Waals surface area contributed by atoms with Gasteiger partial charge in [0.25, 0.3) is 5.91 Å². The minimum absolute atomic E-state index is 0.203. The third kappa shape index (κ3) is 5.55. The molecule has 0 bridgehead atoms. The summed E-state index contributed by atoms with van der Waals surface area (Å²) in [5.41, 5.74) is 0.408. The smallest absolute Gasteiger partial charge is 0.251 e. The highest BCUT2D eigenvalue weighted by Crippen LogP contribution is 2.21. The minimum atomic E-state index is -3.49. The van der Waals surface area contributed by atoms with Gasteiger partial charge in [0.15, 0.2) is 0 Å². The topological polar surface area (TPSA) is 69.7 Å². The first-order chi connectivity index (χ1) is 13.5. The van der Waals surface area contributed by atoms with Gasteiger partial charge in [-0.1, -0.05) is 13.0 Å². The van der Waals surface area contributed by atoms with Crippen molar-refractivity contribution in [2.24, 2.45) is 5.92 Å². The molecular formula is C21H33N3O3S. The maximum absolute atomic E-state index is 12.7. The van der Waals surface area contributed by atoms with Crippen molar-refractivity contribution in [1.82, 2.24) is 14.5 Å². The Balaban J connectivity index is 1.44. The molecule has 1 amide bonds. The van der Waals surface area contributed by atoms with E-state index < -0.39 is 10.0 Å². The lowest BCUT2D eigenvalue weighted by molar-refractivity contribution is 0.0952. The fourth-order valence-electron chi connectivity index (χ4n) is 3.93. The highest BCUT2D eigenvalue weighted by atomic mass is 32.2. The van der Waals surface area contributed by atoms with Crippen molar-refractivity contribution in [2.45, 2.75) is 50.3 Å². The van der Waals surface area contributed by atoms with E-state index in [1.165, 1.54) is 36.3 Å². The zero-order chi connectivity index (χ0) is 20.0. The molecule has 0 aromatic heterocycles. The number of benzene rings is 1. The summed E-state index contributed by atoms with van der Waals surface area (Å²) in [5, 5.41) is 2.93. The van der Waals surface area contributed by atoms with Crippen molar-refractivity contribution in [3.8, 4) is 0 Å². The molecule has 2 heterocycles. The number of nitrogens with zero attached hydrogens (tertiary/aromatic N) is 2. The van der Waals surface area contributed by atoms with Crippen LogP contribution in [0.1, 0.15) is 55.8 Å². The molecule has 0 spiro atoms. The van der Waals surface area contributed by atoms with Crippen LogP contribution in [0.25, 0.3) is 0 Å². The monoisotopic (exact) mass is 407 g/mol. The molecule has 2 saturated heterocycles. The van der Waals surface area contributed by atoms with Crippen molar-refractivity contribution >= 4 is 15.9 Å². The van der Waals surface area contributed by atoms with Gasteiger partial charge in [-0.15, -0.1) is 0 Å². The number of likely N-dealkylation sites (tertiary alicyclic amines) is 1. The highest BCUT2D eigenvalue weighted by molar-refractivity contribution is 7.89. The molecule has 2 fully saturated rings. The van der Waals surface area contributed by atoms with Crippen LogP contribution in [0.3, 0.4) is 0 Å². The van der Waals surface area contributed by atoms with Crippen LogP contribution in [-0.4, -0.2) is 62.8 Å². The summed E-state index contributed by atoms with van der Waals surface area (Å²) in [7, 11) is -3.49. The van der Waals surface area contributed by atoms with Crippen molar-refractivity contribution in [3.05, 3.63) is 29.8 Å². The van der Waals surface area contributed by atoms with E-state index in [4.69, 9.17) is 0 Å². The van der Waals surface area contributed by atoms with Crippen LogP contribution < -0.4 is 5.32 Å². The molecule has 6 nitrogen and oxygen atoms in total. The van der Waals surface area contributed by atoms with Gasteiger partial charge in [-0.25, -0.2) is 8.42 Å². The second-order valence-electron chi connectivity index (χ2n) is 8.13. The quantitative estimate of drug-likeness (QED) is 0.673. The molecule has 1 aromatic carbocycles. The Hall–Kier alpha value is -1.44. The molecule has 2 aliphatic rings. The largest absolute Gasteiger partial charge is 0.352 e. The zero-order valence-electron chi connectivity index (χ0n) is 16.9. The number of hydrogen-bond donors (Lipinski definition) is 1. The number of sulfonamides is 1. The van der Waals surface area contributed by atoms with E-state index in [1.807, 2.05) is 0 Å². The Morgan fingerprint density at radius 1 is 1.11 bits per heavy atom. The molecular weight excluding hydrogens is 374 g/mol. The minimum Gasteiger partial charge on any atom is -0.352 e. The summed E-state index contributed by atoms with van der Waals surface area (Å²) in [6.45, 7) is 7.53. The van der Waals surface area contributed by atoms with Gasteiger partial charge < -0.3 is 10.2 Å². The Labute approximate surface area is 169 Å². The van der Waals surface area contributed by atoms with Crippen LogP contribution in [-0.2, 0) is 10.0 Å². The van der Waals surface area contributed by atoms with Crippen LogP contribution in [0.5, 0.6) is 0 Å². The Kier molecular flexibility index (Phi) is 7.48. The van der Waals surface area contributed by atoms with Gasteiger partial charge in [0.05, 0.1) is 4.90 Å². The van der Waals surface area contributed by atoms with Crippen molar-refractivity contribution in [1.29, 1.82) is 0 Å². The van der Waals surface area contributed by atoms with Crippen LogP contribution in [0.4, 0.5) is 0 Å². The number of amides is 1. The first-order valence-corrected chi connectivity index (χ1v) is 12.0. The Morgan fingerprint density at radius 2 is 1.82 bits per heavy atom. The number of piperidine rings is 1. The number of unbranched alkanes of at least 4 members (excludes halogenated alkanes) is 1. The van der Waals surface area contributed by atoms with Crippen LogP contribution in [0.15, 0.2) is 29.2 Å². The number of rotatable bonds is 8. The molecule has 0 aliphatic carbocycles. The maximum atomic E-state index is 12.7. The Bertz CT molecular complexity index is 752. The van der Waals surface area contributed by atoms with Crippen molar-refractivity contribution in [3.63, 3.8) is 0 Å². The molecule has 1 aromatic rings. The number of hydrogen-bond acceptors (Lipinski definition) is 4. The molecule has 7 heteroatoms. The molecule has 0 radical (unpaired) electrons. The molecule has 3 rings (SSSR count). The maximum Gasteiger partial charge on any atom is 0.251 e. The van der Waals surface area contributed by atoms with E-state index in [0.717, 1.165) is 38.1 Å². The summed E-state index contributed by atoms with van der Waals surface area (Å²) in [5.74, 6) is 0.644. The van der Waals surface area contributed by atoms with Crippen LogP contribution in [0.2, 0.25) is 0 Å². The third-order valence-corrected chi connectivity index (χ3v) is 7.76. The van der Waals surface area contributed by atoms with E-state index in [2.05, 4.69) is 17.1 Å². The fraction of sp³-hybridized carbons (Fsp3) is 0.667. The van der Waals surface area contributed by atoms with Crippen LogP contribution >= 0.6 is 0 Å². The van der Waals surface area contributed by atoms with Gasteiger partial charge in [-0.3, -0.25) is 4.79 Å². The van der Waals surface area contributed by atoms with Crippen molar-refractivity contribution < 1.29 is 13.2 Å². The number of carbonyl (C=O) groups excluding carboxylic acids is 1. The molecule has 156 valence electrons.